The highest BCUT2D eigenvalue weighted by Gasteiger charge is 2.44. The largest absolute Gasteiger partial charge is 0.497 e. The molecule has 13 nitrogen and oxygen atoms in total. The number of hydrogen-bond acceptors (Lipinski definition) is 9. The number of carboxylic acid groups (broad SMARTS) is 1. The molecule has 0 spiro atoms. The van der Waals surface area contributed by atoms with Crippen LogP contribution in [-0.2, 0) is 25.5 Å². The molecule has 266 valence electrons. The molecule has 1 saturated heterocycles. The molecular formula is C38H40N4O9. The summed E-state index contributed by atoms with van der Waals surface area (Å²) in [5.74, 6) is -1.11. The molecule has 4 aromatic rings. The summed E-state index contributed by atoms with van der Waals surface area (Å²) in [6, 6.07) is 19.9. The van der Waals surface area contributed by atoms with E-state index in [0.29, 0.717) is 39.4 Å². The van der Waals surface area contributed by atoms with Crippen molar-refractivity contribution in [3.8, 4) is 28.5 Å². The van der Waals surface area contributed by atoms with E-state index < -0.39 is 53.7 Å². The summed E-state index contributed by atoms with van der Waals surface area (Å²) in [6.45, 7) is 4.76. The smallest absolute Gasteiger partial charge is 0.408 e. The molecule has 2 aliphatic heterocycles. The summed E-state index contributed by atoms with van der Waals surface area (Å²) >= 11 is 0. The monoisotopic (exact) mass is 696 g/mol. The maximum Gasteiger partial charge on any atom is 0.408 e. The van der Waals surface area contributed by atoms with Crippen LogP contribution in [-0.4, -0.2) is 89.0 Å². The highest BCUT2D eigenvalue weighted by Crippen LogP contribution is 2.35. The minimum absolute atomic E-state index is 0.0294. The summed E-state index contributed by atoms with van der Waals surface area (Å²) in [6.07, 6.45) is -1.41. The molecule has 0 radical (unpaired) electrons. The third kappa shape index (κ3) is 8.31. The number of aliphatic carboxylic acids is 1. The van der Waals surface area contributed by atoms with E-state index in [1.54, 1.807) is 64.3 Å². The number of hydrogen-bond donors (Lipinski definition) is 3. The zero-order valence-electron chi connectivity index (χ0n) is 28.8. The average Bonchev–Trinajstić information content (AvgIpc) is 3.52. The first kappa shape index (κ1) is 35.0. The van der Waals surface area contributed by atoms with Gasteiger partial charge in [0.05, 0.1) is 24.9 Å². The zero-order chi connectivity index (χ0) is 36.3. The van der Waals surface area contributed by atoms with Crippen molar-refractivity contribution in [3.63, 3.8) is 0 Å². The van der Waals surface area contributed by atoms with E-state index in [2.05, 4.69) is 10.6 Å². The number of carbonyl (C=O) groups is 4. The van der Waals surface area contributed by atoms with Gasteiger partial charge in [-0.25, -0.2) is 14.6 Å². The second-order valence-corrected chi connectivity index (χ2v) is 13.5. The zero-order valence-corrected chi connectivity index (χ0v) is 28.8. The Morgan fingerprint density at radius 1 is 1.02 bits per heavy atom. The summed E-state index contributed by atoms with van der Waals surface area (Å²) < 4.78 is 23.3. The van der Waals surface area contributed by atoms with Gasteiger partial charge >= 0.3 is 12.1 Å². The normalized spacial score (nSPS) is 20.8. The Morgan fingerprint density at radius 3 is 2.53 bits per heavy atom. The van der Waals surface area contributed by atoms with Crippen LogP contribution in [0, 0.1) is 0 Å². The fourth-order valence-corrected chi connectivity index (χ4v) is 6.18. The van der Waals surface area contributed by atoms with E-state index in [0.717, 1.165) is 5.56 Å². The minimum atomic E-state index is -1.40. The average molecular weight is 697 g/mol. The second kappa shape index (κ2) is 14.6. The van der Waals surface area contributed by atoms with E-state index in [-0.39, 0.29) is 26.0 Å². The molecule has 6 rings (SSSR count). The summed E-state index contributed by atoms with van der Waals surface area (Å²) in [5, 5.41) is 15.9. The Balaban J connectivity index is 1.37. The highest BCUT2D eigenvalue weighted by atomic mass is 16.6. The van der Waals surface area contributed by atoms with Crippen molar-refractivity contribution in [2.75, 3.05) is 20.3 Å². The Kier molecular flexibility index (Phi) is 9.99. The van der Waals surface area contributed by atoms with Crippen molar-refractivity contribution < 1.29 is 43.2 Å². The standard InChI is InChI=1S/C38H40N4O9/c1-38(2,3)51-37(47)41-30-16-22-9-8-12-25(15-22)49-21-31(36(45)46)40-34(43)32-18-26(20-42(32)35(30)44)50-33-19-28(23-10-6-5-7-11-23)39-29-17-24(48-4)13-14-27(29)33/h5-15,17,19,26,30-32H,16,18,20-21H2,1-4H3,(H,40,43)(H,41,47)(H,45,46)/t26-,30-,31-,32+/m1/s1. The van der Waals surface area contributed by atoms with Crippen molar-refractivity contribution in [1.82, 2.24) is 20.5 Å². The van der Waals surface area contributed by atoms with Gasteiger partial charge in [0, 0.05) is 35.9 Å². The number of ether oxygens (including phenoxy) is 4. The van der Waals surface area contributed by atoms with Crippen LogP contribution < -0.4 is 24.8 Å². The summed E-state index contributed by atoms with van der Waals surface area (Å²) in [7, 11) is 1.57. The maximum absolute atomic E-state index is 14.5. The van der Waals surface area contributed by atoms with Gasteiger partial charge in [-0.1, -0.05) is 42.5 Å². The number of methoxy groups -OCH3 is 1. The number of pyridine rings is 1. The lowest BCUT2D eigenvalue weighted by Gasteiger charge is -2.29. The molecular weight excluding hydrogens is 656 g/mol. The van der Waals surface area contributed by atoms with Gasteiger partial charge in [0.25, 0.3) is 0 Å². The van der Waals surface area contributed by atoms with Gasteiger partial charge in [0.2, 0.25) is 11.8 Å². The fraction of sp³-hybridized carbons (Fsp3) is 0.342. The number of nitrogens with zero attached hydrogens (tertiary/aromatic N) is 2. The number of rotatable bonds is 6. The molecule has 3 amide bonds. The first-order valence-electron chi connectivity index (χ1n) is 16.6. The van der Waals surface area contributed by atoms with Crippen LogP contribution in [0.1, 0.15) is 32.8 Å². The Morgan fingerprint density at radius 2 is 1.80 bits per heavy atom. The van der Waals surface area contributed by atoms with Crippen LogP contribution in [0.4, 0.5) is 4.79 Å². The molecule has 0 saturated carbocycles. The van der Waals surface area contributed by atoms with Gasteiger partial charge in [-0.2, -0.15) is 0 Å². The molecule has 3 aromatic carbocycles. The molecule has 2 aliphatic rings. The number of carbonyl (C=O) groups excluding carboxylic acids is 3. The molecule has 2 bridgehead atoms. The van der Waals surface area contributed by atoms with Crippen LogP contribution in [0.25, 0.3) is 22.2 Å². The van der Waals surface area contributed by atoms with Gasteiger partial charge in [0.15, 0.2) is 6.04 Å². The Labute approximate surface area is 294 Å². The van der Waals surface area contributed by atoms with Crippen LogP contribution in [0.2, 0.25) is 0 Å². The molecule has 4 atom stereocenters. The molecule has 3 heterocycles. The number of amides is 3. The number of aromatic nitrogens is 1. The lowest BCUT2D eigenvalue weighted by molar-refractivity contribution is -0.145. The van der Waals surface area contributed by atoms with Gasteiger partial charge in [-0.05, 0) is 50.6 Å². The lowest BCUT2D eigenvalue weighted by Crippen LogP contribution is -2.56. The predicted octanol–water partition coefficient (Wildman–Crippen LogP) is 4.36. The second-order valence-electron chi connectivity index (χ2n) is 13.5. The number of benzene rings is 3. The molecule has 0 aliphatic carbocycles. The Bertz CT molecular complexity index is 1950. The topological polar surface area (TPSA) is 166 Å². The van der Waals surface area contributed by atoms with Crippen LogP contribution in [0.15, 0.2) is 78.9 Å². The van der Waals surface area contributed by atoms with Gasteiger partial charge in [-0.15, -0.1) is 0 Å². The molecule has 13 heteroatoms. The number of nitrogens with one attached hydrogen (secondary N) is 2. The SMILES string of the molecule is COc1ccc2c(O[C@@H]3C[C@H]4C(=O)N[C@@H](C(=O)O)COc5cccc(c5)C[C@@H](NC(=O)OC(C)(C)C)C(=O)N4C3)cc(-c3ccccc3)nc2c1. The molecule has 1 aromatic heterocycles. The van der Waals surface area contributed by atoms with Crippen molar-refractivity contribution in [3.05, 3.63) is 84.4 Å². The van der Waals surface area contributed by atoms with Gasteiger partial charge in [0.1, 0.15) is 47.6 Å². The van der Waals surface area contributed by atoms with Crippen molar-refractivity contribution in [2.24, 2.45) is 0 Å². The van der Waals surface area contributed by atoms with E-state index in [4.69, 9.17) is 23.9 Å². The summed E-state index contributed by atoms with van der Waals surface area (Å²) in [5.41, 5.74) is 1.93. The summed E-state index contributed by atoms with van der Waals surface area (Å²) in [4.78, 5) is 59.7. The molecule has 3 N–H and O–H groups in total. The first-order chi connectivity index (χ1) is 24.4. The molecule has 51 heavy (non-hydrogen) atoms. The Hall–Kier alpha value is -5.85. The number of fused-ring (bicyclic) bond motifs is 4. The van der Waals surface area contributed by atoms with E-state index >= 15 is 0 Å². The highest BCUT2D eigenvalue weighted by molar-refractivity contribution is 5.94. The fourth-order valence-electron chi connectivity index (χ4n) is 6.18. The van der Waals surface area contributed by atoms with Crippen LogP contribution in [0.3, 0.4) is 0 Å². The lowest BCUT2D eigenvalue weighted by atomic mass is 10.0. The van der Waals surface area contributed by atoms with E-state index in [1.165, 1.54) is 4.90 Å². The van der Waals surface area contributed by atoms with E-state index in [9.17, 15) is 24.3 Å². The van der Waals surface area contributed by atoms with Crippen LogP contribution >= 0.6 is 0 Å². The minimum Gasteiger partial charge on any atom is -0.497 e. The third-order valence-corrected chi connectivity index (χ3v) is 8.55. The maximum atomic E-state index is 14.5. The van der Waals surface area contributed by atoms with Gasteiger partial charge in [-0.3, -0.25) is 9.59 Å². The molecule has 1 fully saturated rings. The van der Waals surface area contributed by atoms with Crippen LogP contribution in [0.5, 0.6) is 17.2 Å². The molecule has 0 unspecified atom stereocenters. The van der Waals surface area contributed by atoms with Gasteiger partial charge < -0.3 is 39.6 Å². The predicted molar refractivity (Wildman–Crippen MR) is 187 cm³/mol. The van der Waals surface area contributed by atoms with Crippen molar-refractivity contribution >= 4 is 34.8 Å². The van der Waals surface area contributed by atoms with Crippen molar-refractivity contribution in [2.45, 2.75) is 63.4 Å². The third-order valence-electron chi connectivity index (χ3n) is 8.55. The quantitative estimate of drug-likeness (QED) is 0.264. The number of carboxylic acids is 1. The van der Waals surface area contributed by atoms with Crippen molar-refractivity contribution in [1.29, 1.82) is 0 Å². The van der Waals surface area contributed by atoms with E-state index in [1.807, 2.05) is 42.5 Å². The number of alkyl carbamates (subject to hydrolysis) is 1. The first-order valence-corrected chi connectivity index (χ1v) is 16.6.